The Morgan fingerprint density at radius 2 is 1.28 bits per heavy atom. The van der Waals surface area contributed by atoms with Gasteiger partial charge < -0.3 is 4.74 Å². The van der Waals surface area contributed by atoms with E-state index < -0.39 is 0 Å². The summed E-state index contributed by atoms with van der Waals surface area (Å²) in [4.78, 5) is 11.6. The van der Waals surface area contributed by atoms with Crippen LogP contribution in [-0.4, -0.2) is 13.4 Å². The smallest absolute Gasteiger partial charge is 0.150 e. The van der Waals surface area contributed by atoms with Crippen LogP contribution in [0.3, 0.4) is 0 Å². The van der Waals surface area contributed by atoms with Gasteiger partial charge in [-0.25, -0.2) is 0 Å². The minimum Gasteiger partial charge on any atom is -0.496 e. The molecule has 0 bridgehead atoms. The first-order valence-corrected chi connectivity index (χ1v) is 8.31. The predicted octanol–water partition coefficient (Wildman–Crippen LogP) is 5.40. The highest BCUT2D eigenvalue weighted by molar-refractivity contribution is 5.91. The molecule has 0 spiro atoms. The largest absolute Gasteiger partial charge is 0.496 e. The molecule has 0 aliphatic carbocycles. The summed E-state index contributed by atoms with van der Waals surface area (Å²) >= 11 is 0. The van der Waals surface area contributed by atoms with Crippen molar-refractivity contribution >= 4 is 27.8 Å². The number of fused-ring (bicyclic) bond motifs is 2. The van der Waals surface area contributed by atoms with Crippen molar-refractivity contribution in [3.63, 3.8) is 0 Å². The van der Waals surface area contributed by atoms with Gasteiger partial charge in [0.1, 0.15) is 12.0 Å². The lowest BCUT2D eigenvalue weighted by Crippen LogP contribution is -1.98. The Kier molecular flexibility index (Phi) is 3.95. The summed E-state index contributed by atoms with van der Waals surface area (Å²) in [6, 6.07) is 24.6. The summed E-state index contributed by atoms with van der Waals surface area (Å²) in [7, 11) is 1.69. The van der Waals surface area contributed by atoms with E-state index in [2.05, 4.69) is 36.4 Å². The van der Waals surface area contributed by atoms with E-state index in [9.17, 15) is 4.79 Å². The van der Waals surface area contributed by atoms with Gasteiger partial charge in [0.05, 0.1) is 7.11 Å². The standard InChI is InChI=1S/C23H18O2/c1-25-23-14-19-9-5-4-7-17(19)11-21(23)13-20-10-16-6-2-3-8-18(16)12-22(20)15-24/h2-12,14-15H,13H2,1H3. The summed E-state index contributed by atoms with van der Waals surface area (Å²) in [6.45, 7) is 0. The maximum Gasteiger partial charge on any atom is 0.150 e. The van der Waals surface area contributed by atoms with Crippen LogP contribution in [-0.2, 0) is 6.42 Å². The highest BCUT2D eigenvalue weighted by Crippen LogP contribution is 2.29. The minimum atomic E-state index is 0.660. The van der Waals surface area contributed by atoms with E-state index >= 15 is 0 Å². The molecule has 0 aromatic heterocycles. The third kappa shape index (κ3) is 2.87. The van der Waals surface area contributed by atoms with Gasteiger partial charge in [0.2, 0.25) is 0 Å². The Hall–Kier alpha value is -3.13. The summed E-state index contributed by atoms with van der Waals surface area (Å²) in [5.74, 6) is 0.851. The first-order chi connectivity index (χ1) is 12.3. The van der Waals surface area contributed by atoms with Gasteiger partial charge >= 0.3 is 0 Å². The van der Waals surface area contributed by atoms with Gasteiger partial charge in [-0.3, -0.25) is 4.79 Å². The van der Waals surface area contributed by atoms with Crippen molar-refractivity contribution in [1.82, 2.24) is 0 Å². The van der Waals surface area contributed by atoms with E-state index in [0.717, 1.165) is 44.9 Å². The molecule has 0 aliphatic rings. The van der Waals surface area contributed by atoms with Gasteiger partial charge in [-0.15, -0.1) is 0 Å². The van der Waals surface area contributed by atoms with Crippen molar-refractivity contribution in [1.29, 1.82) is 0 Å². The molecular formula is C23H18O2. The molecule has 122 valence electrons. The predicted molar refractivity (Wildman–Crippen MR) is 103 cm³/mol. The van der Waals surface area contributed by atoms with E-state index in [4.69, 9.17) is 4.74 Å². The molecule has 0 atom stereocenters. The molecule has 0 amide bonds. The number of methoxy groups -OCH3 is 1. The average molecular weight is 326 g/mol. The van der Waals surface area contributed by atoms with Crippen LogP contribution < -0.4 is 4.74 Å². The monoisotopic (exact) mass is 326 g/mol. The van der Waals surface area contributed by atoms with Crippen LogP contribution in [0.4, 0.5) is 0 Å². The number of hydrogen-bond acceptors (Lipinski definition) is 2. The number of carbonyl (C=O) groups excluding carboxylic acids is 1. The Labute approximate surface area is 146 Å². The van der Waals surface area contributed by atoms with Crippen LogP contribution in [0.25, 0.3) is 21.5 Å². The molecule has 4 rings (SSSR count). The number of carbonyl (C=O) groups is 1. The van der Waals surface area contributed by atoms with Gasteiger partial charge in [0.15, 0.2) is 0 Å². The van der Waals surface area contributed by atoms with Crippen LogP contribution in [0.2, 0.25) is 0 Å². The number of hydrogen-bond donors (Lipinski definition) is 0. The minimum absolute atomic E-state index is 0.660. The maximum atomic E-state index is 11.6. The molecule has 4 aromatic rings. The molecule has 0 unspecified atom stereocenters. The van der Waals surface area contributed by atoms with E-state index in [1.165, 1.54) is 5.39 Å². The molecule has 0 aliphatic heterocycles. The second kappa shape index (κ2) is 6.40. The topological polar surface area (TPSA) is 26.3 Å². The van der Waals surface area contributed by atoms with Crippen LogP contribution in [0.5, 0.6) is 5.75 Å². The van der Waals surface area contributed by atoms with Gasteiger partial charge in [0.25, 0.3) is 0 Å². The average Bonchev–Trinajstić information content (AvgIpc) is 2.66. The first kappa shape index (κ1) is 15.4. The fraction of sp³-hybridized carbons (Fsp3) is 0.0870. The van der Waals surface area contributed by atoms with Crippen LogP contribution in [0, 0.1) is 0 Å². The normalized spacial score (nSPS) is 10.9. The Morgan fingerprint density at radius 3 is 1.84 bits per heavy atom. The van der Waals surface area contributed by atoms with Gasteiger partial charge in [-0.1, -0.05) is 54.6 Å². The highest BCUT2D eigenvalue weighted by atomic mass is 16.5. The second-order valence-corrected chi connectivity index (χ2v) is 6.20. The fourth-order valence-corrected chi connectivity index (χ4v) is 3.37. The van der Waals surface area contributed by atoms with Gasteiger partial charge in [-0.05, 0) is 50.9 Å². The van der Waals surface area contributed by atoms with Gasteiger partial charge in [-0.2, -0.15) is 0 Å². The first-order valence-electron chi connectivity index (χ1n) is 8.31. The molecule has 0 saturated carbocycles. The quantitative estimate of drug-likeness (QED) is 0.469. The van der Waals surface area contributed by atoms with Crippen molar-refractivity contribution in [2.45, 2.75) is 6.42 Å². The molecule has 25 heavy (non-hydrogen) atoms. The Balaban J connectivity index is 1.85. The third-order valence-corrected chi connectivity index (χ3v) is 4.66. The molecule has 0 radical (unpaired) electrons. The van der Waals surface area contributed by atoms with Crippen molar-refractivity contribution < 1.29 is 9.53 Å². The molecule has 2 heteroatoms. The van der Waals surface area contributed by atoms with E-state index in [0.29, 0.717) is 6.42 Å². The van der Waals surface area contributed by atoms with Crippen molar-refractivity contribution in [2.24, 2.45) is 0 Å². The molecule has 0 N–H and O–H groups in total. The van der Waals surface area contributed by atoms with Crippen LogP contribution >= 0.6 is 0 Å². The van der Waals surface area contributed by atoms with Crippen LogP contribution in [0.15, 0.2) is 72.8 Å². The summed E-state index contributed by atoms with van der Waals surface area (Å²) in [5, 5.41) is 4.55. The van der Waals surface area contributed by atoms with Gasteiger partial charge in [0, 0.05) is 12.0 Å². The molecule has 0 heterocycles. The highest BCUT2D eigenvalue weighted by Gasteiger charge is 2.10. The SMILES string of the molecule is COc1cc2ccccc2cc1Cc1cc2ccccc2cc1C=O. The van der Waals surface area contributed by atoms with E-state index in [1.807, 2.05) is 36.4 Å². The lowest BCUT2D eigenvalue weighted by atomic mass is 9.94. The maximum absolute atomic E-state index is 11.6. The third-order valence-electron chi connectivity index (χ3n) is 4.66. The van der Waals surface area contributed by atoms with Crippen molar-refractivity contribution in [2.75, 3.05) is 7.11 Å². The second-order valence-electron chi connectivity index (χ2n) is 6.20. The summed E-state index contributed by atoms with van der Waals surface area (Å²) in [6.07, 6.45) is 1.60. The molecule has 0 fully saturated rings. The van der Waals surface area contributed by atoms with E-state index in [1.54, 1.807) is 7.11 Å². The number of benzene rings is 4. The lowest BCUT2D eigenvalue weighted by Gasteiger charge is -2.13. The molecular weight excluding hydrogens is 308 g/mol. The van der Waals surface area contributed by atoms with E-state index in [-0.39, 0.29) is 0 Å². The zero-order chi connectivity index (χ0) is 17.2. The van der Waals surface area contributed by atoms with Crippen LogP contribution in [0.1, 0.15) is 21.5 Å². The summed E-state index contributed by atoms with van der Waals surface area (Å²) < 4.78 is 5.60. The lowest BCUT2D eigenvalue weighted by molar-refractivity contribution is 0.112. The molecule has 2 nitrogen and oxygen atoms in total. The summed E-state index contributed by atoms with van der Waals surface area (Å²) in [5.41, 5.74) is 2.83. The number of aldehydes is 1. The zero-order valence-corrected chi connectivity index (χ0v) is 14.0. The zero-order valence-electron chi connectivity index (χ0n) is 14.0. The number of ether oxygens (including phenoxy) is 1. The Bertz CT molecular complexity index is 1080. The van der Waals surface area contributed by atoms with Crippen molar-refractivity contribution in [3.8, 4) is 5.75 Å². The number of rotatable bonds is 4. The molecule has 4 aromatic carbocycles. The van der Waals surface area contributed by atoms with Crippen molar-refractivity contribution in [3.05, 3.63) is 89.5 Å². The fourth-order valence-electron chi connectivity index (χ4n) is 3.37. The molecule has 0 saturated heterocycles. The Morgan fingerprint density at radius 1 is 0.760 bits per heavy atom.